The molecule has 3 aliphatic rings. The Balaban J connectivity index is 1.40. The molecular formula is C33H50N4O4Si. The fourth-order valence-corrected chi connectivity index (χ4v) is 9.11. The van der Waals surface area contributed by atoms with Gasteiger partial charge in [-0.2, -0.15) is 0 Å². The molecule has 0 radical (unpaired) electrons. The monoisotopic (exact) mass is 594 g/mol. The van der Waals surface area contributed by atoms with Gasteiger partial charge in [-0.05, 0) is 44.2 Å². The van der Waals surface area contributed by atoms with Gasteiger partial charge in [0.2, 0.25) is 5.91 Å². The van der Waals surface area contributed by atoms with E-state index in [4.69, 9.17) is 9.73 Å². The maximum absolute atomic E-state index is 13.8. The molecule has 2 aliphatic heterocycles. The number of nitrogens with one attached hydrogen (secondary N) is 2. The molecule has 3 amide bonds. The number of urea groups is 1. The molecule has 2 N–H and O–H groups in total. The number of rotatable bonds is 12. The SMILES string of the molecule is CCCCCCCC(=O)OC[C@@H](NC(=O)N1CC2=C(CN=C2NC(=O)C2([Si](C)(C)C)CCC2)C1(C)C)c1ccccc1. The van der Waals surface area contributed by atoms with Crippen LogP contribution in [0.3, 0.4) is 0 Å². The predicted octanol–water partition coefficient (Wildman–Crippen LogP) is 6.52. The van der Waals surface area contributed by atoms with Gasteiger partial charge in [-0.3, -0.25) is 14.6 Å². The van der Waals surface area contributed by atoms with E-state index in [1.165, 1.54) is 6.42 Å². The molecule has 0 bridgehead atoms. The first kappa shape index (κ1) is 32.0. The maximum atomic E-state index is 13.8. The van der Waals surface area contributed by atoms with E-state index >= 15 is 0 Å². The smallest absolute Gasteiger partial charge is 0.319 e. The first-order valence-corrected chi connectivity index (χ1v) is 19.3. The van der Waals surface area contributed by atoms with Crippen LogP contribution in [0.1, 0.15) is 90.2 Å². The zero-order valence-corrected chi connectivity index (χ0v) is 27.5. The Kier molecular flexibility index (Phi) is 10.0. The molecule has 0 aromatic heterocycles. The zero-order valence-electron chi connectivity index (χ0n) is 26.5. The molecule has 1 atom stereocenters. The van der Waals surface area contributed by atoms with Crippen LogP contribution in [-0.2, 0) is 14.3 Å². The summed E-state index contributed by atoms with van der Waals surface area (Å²) in [5.74, 6) is 0.482. The third kappa shape index (κ3) is 6.66. The second-order valence-electron chi connectivity index (χ2n) is 13.7. The molecule has 0 spiro atoms. The van der Waals surface area contributed by atoms with E-state index in [2.05, 4.69) is 37.2 Å². The van der Waals surface area contributed by atoms with Crippen molar-refractivity contribution in [3.63, 3.8) is 0 Å². The van der Waals surface area contributed by atoms with Crippen molar-refractivity contribution in [2.24, 2.45) is 4.99 Å². The fraction of sp³-hybridized carbons (Fsp3) is 0.636. The average Bonchev–Trinajstić information content (AvgIpc) is 3.42. The first-order valence-electron chi connectivity index (χ1n) is 15.8. The number of hydrogen-bond acceptors (Lipinski definition) is 5. The van der Waals surface area contributed by atoms with Gasteiger partial charge in [0.1, 0.15) is 12.4 Å². The molecule has 230 valence electrons. The third-order valence-corrected chi connectivity index (χ3v) is 13.3. The number of esters is 1. The number of hydrogen-bond donors (Lipinski definition) is 2. The number of aliphatic imine (C=N–C) groups is 1. The molecule has 9 heteroatoms. The topological polar surface area (TPSA) is 100 Å². The van der Waals surface area contributed by atoms with Crippen LogP contribution in [0.25, 0.3) is 0 Å². The van der Waals surface area contributed by atoms with E-state index in [-0.39, 0.29) is 29.6 Å². The van der Waals surface area contributed by atoms with Crippen molar-refractivity contribution in [2.45, 2.75) is 115 Å². The van der Waals surface area contributed by atoms with Gasteiger partial charge in [-0.15, -0.1) is 0 Å². The lowest BCUT2D eigenvalue weighted by Gasteiger charge is -2.49. The Morgan fingerprint density at radius 3 is 2.36 bits per heavy atom. The highest BCUT2D eigenvalue weighted by Gasteiger charge is 2.54. The summed E-state index contributed by atoms with van der Waals surface area (Å²) < 4.78 is 5.65. The van der Waals surface area contributed by atoms with Gasteiger partial charge >= 0.3 is 12.0 Å². The van der Waals surface area contributed by atoms with Gasteiger partial charge in [-0.25, -0.2) is 4.79 Å². The Hall–Kier alpha value is -2.94. The minimum absolute atomic E-state index is 0.0759. The zero-order chi connectivity index (χ0) is 30.5. The number of amides is 3. The number of carbonyl (C=O) groups excluding carboxylic acids is 3. The van der Waals surface area contributed by atoms with E-state index in [1.54, 1.807) is 0 Å². The molecule has 4 rings (SSSR count). The highest BCUT2D eigenvalue weighted by Crippen LogP contribution is 2.55. The van der Waals surface area contributed by atoms with Gasteiger partial charge in [0.15, 0.2) is 0 Å². The lowest BCUT2D eigenvalue weighted by atomic mass is 9.83. The number of amidine groups is 1. The molecule has 8 nitrogen and oxygen atoms in total. The van der Waals surface area contributed by atoms with Crippen LogP contribution >= 0.6 is 0 Å². The van der Waals surface area contributed by atoms with Gasteiger partial charge in [-0.1, -0.05) is 89.0 Å². The molecule has 1 aliphatic carbocycles. The van der Waals surface area contributed by atoms with Crippen molar-refractivity contribution in [3.8, 4) is 0 Å². The van der Waals surface area contributed by atoms with Crippen LogP contribution in [0, 0.1) is 0 Å². The Bertz CT molecular complexity index is 1210. The molecule has 0 unspecified atom stereocenters. The number of carbonyl (C=O) groups is 3. The Morgan fingerprint density at radius 1 is 1.05 bits per heavy atom. The van der Waals surface area contributed by atoms with Crippen molar-refractivity contribution in [1.29, 1.82) is 0 Å². The molecular weight excluding hydrogens is 544 g/mol. The lowest BCUT2D eigenvalue weighted by Crippen LogP contribution is -2.55. The second-order valence-corrected chi connectivity index (χ2v) is 19.1. The number of benzene rings is 1. The molecule has 42 heavy (non-hydrogen) atoms. The van der Waals surface area contributed by atoms with E-state index in [1.807, 2.05) is 49.1 Å². The highest BCUT2D eigenvalue weighted by atomic mass is 28.3. The predicted molar refractivity (Wildman–Crippen MR) is 170 cm³/mol. The Morgan fingerprint density at radius 2 is 1.74 bits per heavy atom. The van der Waals surface area contributed by atoms with Gasteiger partial charge < -0.3 is 20.3 Å². The summed E-state index contributed by atoms with van der Waals surface area (Å²) in [6.45, 7) is 14.0. The highest BCUT2D eigenvalue weighted by molar-refractivity contribution is 6.82. The van der Waals surface area contributed by atoms with E-state index in [9.17, 15) is 14.4 Å². The molecule has 1 aromatic carbocycles. The normalized spacial score (nSPS) is 19.5. The third-order valence-electron chi connectivity index (χ3n) is 9.72. The molecule has 0 saturated heterocycles. The van der Waals surface area contributed by atoms with Crippen molar-refractivity contribution in [3.05, 3.63) is 47.0 Å². The quantitative estimate of drug-likeness (QED) is 0.163. The largest absolute Gasteiger partial charge is 0.463 e. The Labute approximate surface area is 252 Å². The summed E-state index contributed by atoms with van der Waals surface area (Å²) in [5, 5.41) is 6.09. The van der Waals surface area contributed by atoms with Crippen LogP contribution in [0.4, 0.5) is 4.79 Å². The molecule has 1 aromatic rings. The molecule has 1 fully saturated rings. The van der Waals surface area contributed by atoms with Crippen LogP contribution in [0.2, 0.25) is 24.7 Å². The standard InChI is InChI=1S/C33H50N4O4Si/c1-7-8-9-10-14-18-28(38)41-23-27(24-16-12-11-13-17-24)35-31(40)37-22-25-26(32(37,2)3)21-34-29(25)36-30(39)33(19-15-20-33)42(4,5)6/h11-13,16-17,27H,7-10,14-15,18-23H2,1-6H3,(H,35,40)(H,34,36,39)/t27-/m1/s1. The van der Waals surface area contributed by atoms with Crippen LogP contribution < -0.4 is 10.6 Å². The summed E-state index contributed by atoms with van der Waals surface area (Å²) in [4.78, 5) is 46.3. The van der Waals surface area contributed by atoms with Crippen LogP contribution in [-0.4, -0.2) is 62.0 Å². The minimum atomic E-state index is -1.73. The van der Waals surface area contributed by atoms with E-state index < -0.39 is 19.7 Å². The van der Waals surface area contributed by atoms with Crippen molar-refractivity contribution in [1.82, 2.24) is 15.5 Å². The van der Waals surface area contributed by atoms with E-state index in [0.717, 1.165) is 61.7 Å². The van der Waals surface area contributed by atoms with Gasteiger partial charge in [0, 0.05) is 17.0 Å². The van der Waals surface area contributed by atoms with Crippen molar-refractivity contribution >= 4 is 31.8 Å². The number of nitrogens with zero attached hydrogens (tertiary/aromatic N) is 2. The average molecular weight is 595 g/mol. The summed E-state index contributed by atoms with van der Waals surface area (Å²) in [5.41, 5.74) is 2.32. The second kappa shape index (κ2) is 13.1. The summed E-state index contributed by atoms with van der Waals surface area (Å²) in [6.07, 6.45) is 8.69. The summed E-state index contributed by atoms with van der Waals surface area (Å²) >= 11 is 0. The molecule has 2 heterocycles. The molecule has 1 saturated carbocycles. The van der Waals surface area contributed by atoms with Gasteiger partial charge in [0.05, 0.1) is 32.7 Å². The van der Waals surface area contributed by atoms with Crippen molar-refractivity contribution < 1.29 is 19.1 Å². The summed E-state index contributed by atoms with van der Waals surface area (Å²) in [7, 11) is -1.73. The van der Waals surface area contributed by atoms with Gasteiger partial charge in [0.25, 0.3) is 0 Å². The fourth-order valence-electron chi connectivity index (χ4n) is 6.51. The maximum Gasteiger partial charge on any atom is 0.319 e. The first-order chi connectivity index (χ1) is 19.9. The minimum Gasteiger partial charge on any atom is -0.463 e. The van der Waals surface area contributed by atoms with E-state index in [0.29, 0.717) is 25.3 Å². The summed E-state index contributed by atoms with van der Waals surface area (Å²) in [6, 6.07) is 8.92. The van der Waals surface area contributed by atoms with Crippen molar-refractivity contribution in [2.75, 3.05) is 19.7 Å². The number of ether oxygens (including phenoxy) is 1. The lowest BCUT2D eigenvalue weighted by molar-refractivity contribution is -0.144. The number of unbranched alkanes of at least 4 members (excludes halogenated alkanes) is 4. The van der Waals surface area contributed by atoms with Crippen LogP contribution in [0.5, 0.6) is 0 Å². The van der Waals surface area contributed by atoms with Crippen LogP contribution in [0.15, 0.2) is 46.5 Å².